The third kappa shape index (κ3) is 7.89. The van der Waals surface area contributed by atoms with E-state index in [1.807, 2.05) is 45.0 Å². The molecule has 36 heavy (non-hydrogen) atoms. The molecule has 2 aromatic rings. The first-order chi connectivity index (χ1) is 17.2. The number of allylic oxidation sites excluding steroid dienone is 1. The van der Waals surface area contributed by atoms with E-state index in [0.29, 0.717) is 35.5 Å². The number of benzene rings is 1. The Balaban J connectivity index is 0.00000222. The summed E-state index contributed by atoms with van der Waals surface area (Å²) in [6, 6.07) is 8.06. The first kappa shape index (κ1) is 29.0. The van der Waals surface area contributed by atoms with Crippen LogP contribution in [0, 0.1) is 30.1 Å². The van der Waals surface area contributed by atoms with E-state index < -0.39 is 5.60 Å². The molecule has 194 valence electrons. The Morgan fingerprint density at radius 3 is 2.33 bits per heavy atom. The van der Waals surface area contributed by atoms with Crippen molar-refractivity contribution in [1.82, 2.24) is 9.97 Å². The molecule has 1 amide bonds. The van der Waals surface area contributed by atoms with Gasteiger partial charge in [-0.1, -0.05) is 32.4 Å². The Morgan fingerprint density at radius 2 is 1.81 bits per heavy atom. The second kappa shape index (κ2) is 13.7. The first-order valence-corrected chi connectivity index (χ1v) is 12.9. The molecule has 1 heterocycles. The third-order valence-corrected chi connectivity index (χ3v) is 6.46. The molecule has 1 N–H and O–H groups in total. The lowest BCUT2D eigenvalue weighted by atomic mass is 9.80. The number of carbonyl (C=O) groups excluding carboxylic acids is 1. The zero-order chi connectivity index (χ0) is 26.7. The lowest BCUT2D eigenvalue weighted by Crippen LogP contribution is -2.35. The maximum atomic E-state index is 11.9. The largest absolute Gasteiger partial charge is 0.384 e. The average molecular weight is 492 g/mol. The highest BCUT2D eigenvalue weighted by Gasteiger charge is 2.26. The van der Waals surface area contributed by atoms with Gasteiger partial charge in [0.1, 0.15) is 5.60 Å². The maximum Gasteiger partial charge on any atom is 0.215 e. The molecule has 7 nitrogen and oxygen atoms in total. The van der Waals surface area contributed by atoms with Crippen molar-refractivity contribution in [2.45, 2.75) is 72.8 Å². The van der Waals surface area contributed by atoms with Crippen LogP contribution in [0.1, 0.15) is 77.1 Å². The van der Waals surface area contributed by atoms with Gasteiger partial charge in [-0.05, 0) is 82.7 Å². The number of hydrogen-bond donors (Lipinski definition) is 1. The number of carbonyl (C=O) groups is 1. The van der Waals surface area contributed by atoms with E-state index in [9.17, 15) is 15.2 Å². The van der Waals surface area contributed by atoms with Crippen molar-refractivity contribution in [3.8, 4) is 6.07 Å². The van der Waals surface area contributed by atoms with Crippen molar-refractivity contribution in [2.24, 2.45) is 11.8 Å². The molecule has 0 spiro atoms. The molecule has 1 saturated carbocycles. The van der Waals surface area contributed by atoms with Gasteiger partial charge in [0.2, 0.25) is 6.41 Å². The minimum atomic E-state index is -1.07. The molecule has 2 unspecified atom stereocenters. The van der Waals surface area contributed by atoms with Gasteiger partial charge in [0.25, 0.3) is 0 Å². The Morgan fingerprint density at radius 1 is 1.14 bits per heavy atom. The lowest BCUT2D eigenvalue weighted by Gasteiger charge is -2.35. The summed E-state index contributed by atoms with van der Waals surface area (Å²) in [6.07, 6.45) is 12.4. The van der Waals surface area contributed by atoms with Crippen molar-refractivity contribution in [1.29, 1.82) is 5.26 Å². The number of hydrogen-bond acceptors (Lipinski definition) is 6. The van der Waals surface area contributed by atoms with Crippen molar-refractivity contribution >= 4 is 17.9 Å². The van der Waals surface area contributed by atoms with Crippen LogP contribution >= 0.6 is 0 Å². The molecular weight excluding hydrogens is 450 g/mol. The van der Waals surface area contributed by atoms with Gasteiger partial charge in [-0.3, -0.25) is 14.7 Å². The summed E-state index contributed by atoms with van der Waals surface area (Å²) in [5.41, 5.74) is 2.27. The van der Waals surface area contributed by atoms with Gasteiger partial charge < -0.3 is 10.0 Å². The molecule has 7 heteroatoms. The topological polar surface area (TPSA) is 93.3 Å². The van der Waals surface area contributed by atoms with Crippen LogP contribution in [0.5, 0.6) is 0 Å². The quantitative estimate of drug-likeness (QED) is 0.451. The van der Waals surface area contributed by atoms with Crippen LogP contribution in [-0.2, 0) is 10.4 Å². The number of aromatic nitrogens is 2. The highest BCUT2D eigenvalue weighted by atomic mass is 16.3. The molecule has 2 atom stereocenters. The van der Waals surface area contributed by atoms with Crippen LogP contribution in [0.2, 0.25) is 0 Å². The predicted octanol–water partition coefficient (Wildman–Crippen LogP) is 5.72. The predicted molar refractivity (Wildman–Crippen MR) is 146 cm³/mol. The smallest absolute Gasteiger partial charge is 0.215 e. The summed E-state index contributed by atoms with van der Waals surface area (Å²) < 4.78 is 0. The summed E-state index contributed by atoms with van der Waals surface area (Å²) >= 11 is 0. The lowest BCUT2D eigenvalue weighted by molar-refractivity contribution is -0.107. The SMILES string of the molecule is C/C=C\N(CC1CCCC(CN(C=O)c2cnc(C(C)(C)O)cn2)C1)c1cc(C#N)ccc1C.CC. The van der Waals surface area contributed by atoms with Crippen molar-refractivity contribution < 1.29 is 9.90 Å². The fourth-order valence-corrected chi connectivity index (χ4v) is 4.67. The summed E-state index contributed by atoms with van der Waals surface area (Å²) in [5, 5.41) is 19.4. The van der Waals surface area contributed by atoms with E-state index in [1.54, 1.807) is 24.9 Å². The van der Waals surface area contributed by atoms with Gasteiger partial charge in [0.05, 0.1) is 29.7 Å². The van der Waals surface area contributed by atoms with E-state index in [4.69, 9.17) is 0 Å². The second-order valence-electron chi connectivity index (χ2n) is 9.72. The molecule has 0 radical (unpaired) electrons. The number of amides is 1. The summed E-state index contributed by atoms with van der Waals surface area (Å²) in [6.45, 7) is 12.9. The number of rotatable bonds is 9. The average Bonchev–Trinajstić information content (AvgIpc) is 2.88. The molecular formula is C29H41N5O2. The fourth-order valence-electron chi connectivity index (χ4n) is 4.67. The zero-order valence-corrected chi connectivity index (χ0v) is 22.6. The minimum Gasteiger partial charge on any atom is -0.384 e. The monoisotopic (exact) mass is 491 g/mol. The standard InChI is InChI=1S/C27H35N5O2.C2H6/c1-5-11-31(24-13-21(14-28)10-9-20(24)2)17-22-7-6-8-23(12-22)18-32(19-33)26-16-29-25(15-30-26)27(3,4)34;1-2/h5,9-11,13,15-16,19,22-23,34H,6-8,12,17-18H2,1-4H3;1-2H3/b11-5-;. The van der Waals surface area contributed by atoms with Crippen LogP contribution < -0.4 is 9.80 Å². The molecule has 1 fully saturated rings. The Hall–Kier alpha value is -3.24. The number of aliphatic hydroxyl groups is 1. The molecule has 1 aromatic heterocycles. The van der Waals surface area contributed by atoms with Crippen molar-refractivity contribution in [2.75, 3.05) is 22.9 Å². The minimum absolute atomic E-state index is 0.374. The summed E-state index contributed by atoms with van der Waals surface area (Å²) in [7, 11) is 0. The number of nitriles is 1. The van der Waals surface area contributed by atoms with Crippen molar-refractivity contribution in [3.63, 3.8) is 0 Å². The van der Waals surface area contributed by atoms with Crippen LogP contribution in [-0.4, -0.2) is 34.6 Å². The van der Waals surface area contributed by atoms with Crippen LogP contribution in [0.25, 0.3) is 0 Å². The van der Waals surface area contributed by atoms with Gasteiger partial charge in [-0.15, -0.1) is 0 Å². The van der Waals surface area contributed by atoms with Crippen molar-refractivity contribution in [3.05, 3.63) is 59.7 Å². The molecule has 0 saturated heterocycles. The number of aryl methyl sites for hydroxylation is 1. The molecule has 1 aliphatic carbocycles. The first-order valence-electron chi connectivity index (χ1n) is 12.9. The third-order valence-electron chi connectivity index (χ3n) is 6.46. The molecule has 1 aliphatic rings. The molecule has 1 aromatic carbocycles. The van der Waals surface area contributed by atoms with E-state index in [-0.39, 0.29) is 0 Å². The Kier molecular flexibility index (Phi) is 11.1. The van der Waals surface area contributed by atoms with Gasteiger partial charge >= 0.3 is 0 Å². The van der Waals surface area contributed by atoms with Gasteiger partial charge in [0.15, 0.2) is 5.82 Å². The van der Waals surface area contributed by atoms with Gasteiger partial charge in [-0.25, -0.2) is 4.98 Å². The van der Waals surface area contributed by atoms with Crippen LogP contribution in [0.4, 0.5) is 11.5 Å². The number of anilines is 2. The van der Waals surface area contributed by atoms with Crippen LogP contribution in [0.15, 0.2) is 42.9 Å². The van der Waals surface area contributed by atoms with Crippen LogP contribution in [0.3, 0.4) is 0 Å². The second-order valence-corrected chi connectivity index (χ2v) is 9.72. The maximum absolute atomic E-state index is 11.9. The zero-order valence-electron chi connectivity index (χ0n) is 22.6. The summed E-state index contributed by atoms with van der Waals surface area (Å²) in [5.74, 6) is 1.36. The number of nitrogens with zero attached hydrogens (tertiary/aromatic N) is 5. The highest BCUT2D eigenvalue weighted by molar-refractivity contribution is 5.72. The van der Waals surface area contributed by atoms with E-state index >= 15 is 0 Å². The Bertz CT molecular complexity index is 1040. The van der Waals surface area contributed by atoms with E-state index in [1.165, 1.54) is 6.20 Å². The Labute approximate surface area is 216 Å². The molecule has 0 aliphatic heterocycles. The highest BCUT2D eigenvalue weighted by Crippen LogP contribution is 2.33. The summed E-state index contributed by atoms with van der Waals surface area (Å²) in [4.78, 5) is 24.4. The van der Waals surface area contributed by atoms with Gasteiger partial charge in [-0.2, -0.15) is 5.26 Å². The normalized spacial score (nSPS) is 17.6. The van der Waals surface area contributed by atoms with E-state index in [0.717, 1.165) is 49.9 Å². The van der Waals surface area contributed by atoms with E-state index in [2.05, 4.69) is 34.1 Å². The molecule has 3 rings (SSSR count). The fraction of sp³-hybridized carbons (Fsp3) is 0.517. The van der Waals surface area contributed by atoms with Gasteiger partial charge in [0, 0.05) is 18.8 Å². The molecule has 0 bridgehead atoms.